The minimum Gasteiger partial charge on any atom is -0.497 e. The van der Waals surface area contributed by atoms with Crippen molar-refractivity contribution in [3.63, 3.8) is 0 Å². The smallest absolute Gasteiger partial charge is 0.119 e. The fraction of sp³-hybridized carbons (Fsp3) is 0.556. The number of nitrogens with zero attached hydrogens (tertiary/aromatic N) is 1. The molecular weight excluding hydrogens is 288 g/mol. The summed E-state index contributed by atoms with van der Waals surface area (Å²) in [6.45, 7) is 9.40. The Balaban J connectivity index is 2.58. The summed E-state index contributed by atoms with van der Waals surface area (Å²) in [5.41, 5.74) is 8.84. The van der Waals surface area contributed by atoms with Crippen molar-refractivity contribution < 1.29 is 4.74 Å². The minimum absolute atomic E-state index is 0.302. The second-order valence-corrected chi connectivity index (χ2v) is 6.08. The predicted octanol–water partition coefficient (Wildman–Crippen LogP) is 3.18. The van der Waals surface area contributed by atoms with Crippen LogP contribution in [0.4, 0.5) is 5.69 Å². The summed E-state index contributed by atoms with van der Waals surface area (Å²) in [6, 6.07) is 8.77. The van der Waals surface area contributed by atoms with Gasteiger partial charge in [0.1, 0.15) is 5.75 Å². The van der Waals surface area contributed by atoms with Gasteiger partial charge in [-0.2, -0.15) is 5.53 Å². The van der Waals surface area contributed by atoms with Crippen LogP contribution >= 0.6 is 0 Å². The van der Waals surface area contributed by atoms with E-state index in [4.69, 9.17) is 4.74 Å². The van der Waals surface area contributed by atoms with Gasteiger partial charge in [-0.1, -0.05) is 11.6 Å². The van der Waals surface area contributed by atoms with E-state index in [0.29, 0.717) is 12.1 Å². The van der Waals surface area contributed by atoms with Gasteiger partial charge in [0, 0.05) is 31.4 Å². The standard InChI is InChI=1S/C18H32N4O/c1-7-15(4)18(12-13-22(5)21-20-14(2)3)19-16-8-10-17(23-6)11-9-16/h7-11,14,18-21H,12-13H2,1-6H3/b15-7+. The first-order valence-corrected chi connectivity index (χ1v) is 8.22. The molecule has 1 aromatic rings. The average molecular weight is 320 g/mol. The lowest BCUT2D eigenvalue weighted by Gasteiger charge is -2.25. The molecule has 0 heterocycles. The molecular formula is C18H32N4O. The predicted molar refractivity (Wildman–Crippen MR) is 98.5 cm³/mol. The molecule has 1 unspecified atom stereocenters. The Morgan fingerprint density at radius 2 is 1.91 bits per heavy atom. The molecule has 0 aromatic heterocycles. The molecule has 0 amide bonds. The highest BCUT2D eigenvalue weighted by molar-refractivity contribution is 5.48. The highest BCUT2D eigenvalue weighted by Crippen LogP contribution is 2.19. The molecule has 0 aliphatic heterocycles. The summed E-state index contributed by atoms with van der Waals surface area (Å²) >= 11 is 0. The number of hydrazine groups is 2. The highest BCUT2D eigenvalue weighted by Gasteiger charge is 2.12. The maximum Gasteiger partial charge on any atom is 0.119 e. The lowest BCUT2D eigenvalue weighted by Crippen LogP contribution is -2.48. The summed E-state index contributed by atoms with van der Waals surface area (Å²) in [7, 11) is 3.73. The number of nitrogens with one attached hydrogen (secondary N) is 3. The van der Waals surface area contributed by atoms with Crippen LogP contribution < -0.4 is 21.0 Å². The first-order valence-electron chi connectivity index (χ1n) is 8.22. The molecule has 1 aromatic carbocycles. The van der Waals surface area contributed by atoms with E-state index in [0.717, 1.165) is 24.4 Å². The molecule has 0 radical (unpaired) electrons. The lowest BCUT2D eigenvalue weighted by molar-refractivity contribution is 0.177. The molecule has 23 heavy (non-hydrogen) atoms. The van der Waals surface area contributed by atoms with Crippen LogP contribution in [0, 0.1) is 0 Å². The van der Waals surface area contributed by atoms with Crippen molar-refractivity contribution in [3.05, 3.63) is 35.9 Å². The Kier molecular flexibility index (Phi) is 8.69. The first kappa shape index (κ1) is 19.5. The maximum absolute atomic E-state index is 5.21. The molecule has 1 atom stereocenters. The van der Waals surface area contributed by atoms with Crippen LogP contribution in [0.3, 0.4) is 0 Å². The van der Waals surface area contributed by atoms with Crippen LogP contribution in [0.25, 0.3) is 0 Å². The van der Waals surface area contributed by atoms with Gasteiger partial charge in [-0.3, -0.25) is 0 Å². The highest BCUT2D eigenvalue weighted by atomic mass is 16.5. The van der Waals surface area contributed by atoms with Crippen LogP contribution in [0.15, 0.2) is 35.9 Å². The van der Waals surface area contributed by atoms with E-state index >= 15 is 0 Å². The van der Waals surface area contributed by atoms with E-state index in [1.165, 1.54) is 5.57 Å². The normalized spacial score (nSPS) is 13.5. The number of rotatable bonds is 10. The van der Waals surface area contributed by atoms with E-state index in [1.54, 1.807) is 7.11 Å². The van der Waals surface area contributed by atoms with Crippen LogP contribution in [-0.2, 0) is 0 Å². The van der Waals surface area contributed by atoms with Gasteiger partial charge in [0.15, 0.2) is 0 Å². The summed E-state index contributed by atoms with van der Waals surface area (Å²) < 4.78 is 5.21. The zero-order chi connectivity index (χ0) is 17.2. The second kappa shape index (κ2) is 10.3. The van der Waals surface area contributed by atoms with Gasteiger partial charge in [0.2, 0.25) is 0 Å². The van der Waals surface area contributed by atoms with Gasteiger partial charge < -0.3 is 10.1 Å². The molecule has 0 saturated carbocycles. The van der Waals surface area contributed by atoms with Crippen molar-refractivity contribution in [1.29, 1.82) is 0 Å². The third-order valence-electron chi connectivity index (χ3n) is 3.73. The van der Waals surface area contributed by atoms with Crippen LogP contribution in [0.1, 0.15) is 34.1 Å². The number of methoxy groups -OCH3 is 1. The summed E-state index contributed by atoms with van der Waals surface area (Å²) in [4.78, 5) is 0. The Morgan fingerprint density at radius 3 is 2.43 bits per heavy atom. The van der Waals surface area contributed by atoms with Crippen molar-refractivity contribution in [2.45, 2.75) is 46.2 Å². The average Bonchev–Trinajstić information content (AvgIpc) is 2.56. The van der Waals surface area contributed by atoms with Crippen molar-refractivity contribution in [3.8, 4) is 5.75 Å². The number of ether oxygens (including phenoxy) is 1. The number of allylic oxidation sites excluding steroid dienone is 1. The topological polar surface area (TPSA) is 48.6 Å². The number of anilines is 1. The largest absolute Gasteiger partial charge is 0.497 e. The van der Waals surface area contributed by atoms with Crippen molar-refractivity contribution in [2.75, 3.05) is 26.0 Å². The minimum atomic E-state index is 0.302. The zero-order valence-electron chi connectivity index (χ0n) is 15.3. The van der Waals surface area contributed by atoms with Gasteiger partial charge in [-0.25, -0.2) is 10.4 Å². The first-order chi connectivity index (χ1) is 11.0. The quantitative estimate of drug-likeness (QED) is 0.457. The van der Waals surface area contributed by atoms with E-state index in [1.807, 2.05) is 19.2 Å². The van der Waals surface area contributed by atoms with E-state index in [2.05, 4.69) is 67.2 Å². The van der Waals surface area contributed by atoms with Gasteiger partial charge in [-0.15, -0.1) is 0 Å². The molecule has 5 heteroatoms. The third-order valence-corrected chi connectivity index (χ3v) is 3.73. The molecule has 1 rings (SSSR count). The molecule has 0 aliphatic rings. The summed E-state index contributed by atoms with van der Waals surface area (Å²) in [5, 5.41) is 5.68. The SMILES string of the molecule is C/C=C(\C)C(CCN(C)NNC(C)C)Nc1ccc(OC)cc1. The Labute approximate surface area is 141 Å². The van der Waals surface area contributed by atoms with Crippen molar-refractivity contribution in [1.82, 2.24) is 16.0 Å². The van der Waals surface area contributed by atoms with Crippen LogP contribution in [0.5, 0.6) is 5.75 Å². The third kappa shape index (κ3) is 7.50. The fourth-order valence-corrected chi connectivity index (χ4v) is 2.12. The zero-order valence-corrected chi connectivity index (χ0v) is 15.3. The van der Waals surface area contributed by atoms with Gasteiger partial charge in [0.05, 0.1) is 7.11 Å². The number of benzene rings is 1. The monoisotopic (exact) mass is 320 g/mol. The summed E-state index contributed by atoms with van der Waals surface area (Å²) in [5.74, 6) is 0.874. The Morgan fingerprint density at radius 1 is 1.26 bits per heavy atom. The van der Waals surface area contributed by atoms with Crippen LogP contribution in [0.2, 0.25) is 0 Å². The number of hydrogen-bond donors (Lipinski definition) is 3. The van der Waals surface area contributed by atoms with Gasteiger partial charge in [0.25, 0.3) is 0 Å². The molecule has 0 spiro atoms. The Bertz CT molecular complexity index is 470. The molecule has 0 bridgehead atoms. The van der Waals surface area contributed by atoms with Gasteiger partial charge in [-0.05, 0) is 58.4 Å². The Hall–Kier alpha value is -1.56. The van der Waals surface area contributed by atoms with E-state index in [9.17, 15) is 0 Å². The number of hydrogen-bond acceptors (Lipinski definition) is 5. The molecule has 0 aliphatic carbocycles. The second-order valence-electron chi connectivity index (χ2n) is 6.08. The van der Waals surface area contributed by atoms with Crippen molar-refractivity contribution >= 4 is 5.69 Å². The summed E-state index contributed by atoms with van der Waals surface area (Å²) in [6.07, 6.45) is 3.17. The molecule has 130 valence electrons. The molecule has 0 fully saturated rings. The molecule has 5 nitrogen and oxygen atoms in total. The van der Waals surface area contributed by atoms with Gasteiger partial charge >= 0.3 is 0 Å². The molecule has 3 N–H and O–H groups in total. The van der Waals surface area contributed by atoms with E-state index in [-0.39, 0.29) is 0 Å². The maximum atomic E-state index is 5.21. The lowest BCUT2D eigenvalue weighted by atomic mass is 10.0. The fourth-order valence-electron chi connectivity index (χ4n) is 2.12. The van der Waals surface area contributed by atoms with Crippen LogP contribution in [-0.4, -0.2) is 37.8 Å². The molecule has 0 saturated heterocycles. The van der Waals surface area contributed by atoms with Crippen molar-refractivity contribution in [2.24, 2.45) is 0 Å². The van der Waals surface area contributed by atoms with E-state index < -0.39 is 0 Å².